The number of unbranched alkanes of at least 4 members (excludes halogenated alkanes) is 1. The first-order valence-corrected chi connectivity index (χ1v) is 16.6. The van der Waals surface area contributed by atoms with E-state index in [1.807, 2.05) is 26.8 Å². The molecule has 0 saturated carbocycles. The number of cyclic esters (lactones) is 1. The number of rotatable bonds is 20. The van der Waals surface area contributed by atoms with E-state index >= 15 is 0 Å². The predicted molar refractivity (Wildman–Crippen MR) is 185 cm³/mol. The van der Waals surface area contributed by atoms with Crippen LogP contribution in [0.5, 0.6) is 5.75 Å². The number of aliphatic hydroxyl groups is 2. The molecule has 0 spiro atoms. The summed E-state index contributed by atoms with van der Waals surface area (Å²) in [5.74, 6) is -4.66. The van der Waals surface area contributed by atoms with E-state index in [2.05, 4.69) is 20.9 Å². The number of phenols is 1. The maximum atomic E-state index is 13.4. The lowest BCUT2D eigenvalue weighted by molar-refractivity contribution is -0.140. The summed E-state index contributed by atoms with van der Waals surface area (Å²) in [6.07, 6.45) is 3.13. The number of fused-ring (bicyclic) bond motifs is 1. The van der Waals surface area contributed by atoms with Gasteiger partial charge in [0.2, 0.25) is 17.7 Å². The van der Waals surface area contributed by atoms with E-state index in [0.717, 1.165) is 12.8 Å². The predicted octanol–water partition coefficient (Wildman–Crippen LogP) is -0.462. The van der Waals surface area contributed by atoms with E-state index in [1.54, 1.807) is 18.2 Å². The van der Waals surface area contributed by atoms with E-state index in [4.69, 9.17) is 21.9 Å². The summed E-state index contributed by atoms with van der Waals surface area (Å²) >= 11 is 0. The normalized spacial score (nSPS) is 17.2. The van der Waals surface area contributed by atoms with Gasteiger partial charge >= 0.3 is 5.97 Å². The number of nitrogens with zero attached hydrogens (tertiary/aromatic N) is 1. The Balaban J connectivity index is 2.25. The van der Waals surface area contributed by atoms with Crippen LogP contribution in [0.1, 0.15) is 75.2 Å². The molecule has 50 heavy (non-hydrogen) atoms. The number of aliphatic imine (C=N–C) groups is 1. The van der Waals surface area contributed by atoms with Gasteiger partial charge in [-0.15, -0.1) is 0 Å². The number of aliphatic hydroxyl groups excluding tert-OH is 2. The van der Waals surface area contributed by atoms with Crippen molar-refractivity contribution in [3.05, 3.63) is 53.6 Å². The topological polar surface area (TPSA) is 282 Å². The molecule has 1 aliphatic rings. The minimum absolute atomic E-state index is 0.00817. The molecule has 12 N–H and O–H groups in total. The molecule has 0 aliphatic carbocycles. The molecule has 1 aromatic rings. The molecule has 0 saturated heterocycles. The lowest BCUT2D eigenvalue weighted by atomic mass is 9.90. The van der Waals surface area contributed by atoms with Crippen molar-refractivity contribution in [3.8, 4) is 5.75 Å². The second-order valence-corrected chi connectivity index (χ2v) is 12.5. The molecule has 1 heterocycles. The number of aromatic hydroxyl groups is 1. The third kappa shape index (κ3) is 13.5. The van der Waals surface area contributed by atoms with E-state index < -0.39 is 72.5 Å². The number of amides is 4. The largest absolute Gasteiger partial charge is 0.507 e. The summed E-state index contributed by atoms with van der Waals surface area (Å²) in [4.78, 5) is 67.6. The van der Waals surface area contributed by atoms with E-state index in [1.165, 1.54) is 18.2 Å². The fraction of sp³-hybridized carbons (Fsp3) is 0.529. The fourth-order valence-corrected chi connectivity index (χ4v) is 5.37. The van der Waals surface area contributed by atoms with Crippen LogP contribution >= 0.6 is 0 Å². The maximum Gasteiger partial charge on any atom is 0.342 e. The molecule has 0 unspecified atom stereocenters. The third-order valence-corrected chi connectivity index (χ3v) is 7.80. The molecule has 0 fully saturated rings. The minimum atomic E-state index is -2.09. The number of phenolic OH excluding ortho intramolecular Hbond substituents is 1. The average Bonchev–Trinajstić information content (AvgIpc) is 3.03. The van der Waals surface area contributed by atoms with Crippen molar-refractivity contribution in [2.75, 3.05) is 6.54 Å². The number of guanidine groups is 1. The number of allylic oxidation sites excluding steroid dienone is 3. The highest BCUT2D eigenvalue weighted by atomic mass is 16.5. The van der Waals surface area contributed by atoms with Gasteiger partial charge in [0.15, 0.2) is 12.1 Å². The van der Waals surface area contributed by atoms with Gasteiger partial charge in [-0.2, -0.15) is 0 Å². The summed E-state index contributed by atoms with van der Waals surface area (Å²) in [5, 5.41) is 40.0. The molecule has 2 rings (SSSR count). The van der Waals surface area contributed by atoms with Gasteiger partial charge in [0.05, 0.1) is 18.5 Å². The number of hydrogen-bond acceptors (Lipinski definition) is 10. The molecule has 16 nitrogen and oxygen atoms in total. The quantitative estimate of drug-likeness (QED) is 0.0209. The van der Waals surface area contributed by atoms with E-state index in [9.17, 15) is 39.3 Å². The Labute approximate surface area is 291 Å². The number of esters is 1. The lowest BCUT2D eigenvalue weighted by Gasteiger charge is -2.34. The Morgan fingerprint density at radius 1 is 1.06 bits per heavy atom. The molecule has 0 radical (unpaired) electrons. The molecule has 0 aromatic heterocycles. The van der Waals surface area contributed by atoms with Crippen molar-refractivity contribution < 1.29 is 44.0 Å². The minimum Gasteiger partial charge on any atom is -0.507 e. The van der Waals surface area contributed by atoms with E-state index in [0.29, 0.717) is 12.0 Å². The van der Waals surface area contributed by atoms with Crippen LogP contribution in [0.15, 0.2) is 47.5 Å². The van der Waals surface area contributed by atoms with Crippen molar-refractivity contribution in [3.63, 3.8) is 0 Å². The van der Waals surface area contributed by atoms with Crippen LogP contribution in [0.25, 0.3) is 0 Å². The van der Waals surface area contributed by atoms with Crippen molar-refractivity contribution in [1.29, 1.82) is 0 Å². The van der Waals surface area contributed by atoms with Gasteiger partial charge in [-0.25, -0.2) is 4.79 Å². The van der Waals surface area contributed by atoms with Gasteiger partial charge in [-0.05, 0) is 43.2 Å². The van der Waals surface area contributed by atoms with Gasteiger partial charge in [0.1, 0.15) is 29.6 Å². The molecular formula is C34H51N7O9. The van der Waals surface area contributed by atoms with Crippen LogP contribution < -0.4 is 33.2 Å². The number of carbonyl (C=O) groups excluding carboxylic acids is 5. The fourth-order valence-electron chi connectivity index (χ4n) is 5.37. The maximum absolute atomic E-state index is 13.4. The van der Waals surface area contributed by atoms with E-state index in [-0.39, 0.29) is 49.0 Å². The molecule has 16 heteroatoms. The number of primary amides is 1. The van der Waals surface area contributed by atoms with Crippen molar-refractivity contribution in [2.45, 2.75) is 102 Å². The smallest absolute Gasteiger partial charge is 0.342 e. The van der Waals surface area contributed by atoms with Crippen LogP contribution in [0.4, 0.5) is 0 Å². The van der Waals surface area contributed by atoms with Gasteiger partial charge in [-0.3, -0.25) is 24.2 Å². The summed E-state index contributed by atoms with van der Waals surface area (Å²) in [7, 11) is 0. The zero-order chi connectivity index (χ0) is 37.4. The molecule has 1 aromatic carbocycles. The van der Waals surface area contributed by atoms with Gasteiger partial charge < -0.3 is 53.2 Å². The highest BCUT2D eigenvalue weighted by Gasteiger charge is 2.39. The second-order valence-electron chi connectivity index (χ2n) is 12.5. The highest BCUT2D eigenvalue weighted by molar-refractivity contribution is 5.96. The standard InChI is InChI=1S/C34H51N7O9/c1-4-5-6-7-8-14-27(44)39-23(18-26(35)43)31(47)40-21(12-10-15-38-34(36)37)29(45)30(46)32(48)41-22(16-19(2)3)25-17-20-11-9-13-24(42)28(20)33(49)50-25/h6-9,11,13-14,19,21-23,25,29-30,42,45-46H,4-5,10,12,15-18H2,1-3H3,(H2,35,43)(H,39,44)(H,40,47)(H,41,48)(H4,36,37,38)/b7-6+,14-8+/t21-,22-,23+,25-,29-,30-/m0/s1. The van der Waals surface area contributed by atoms with Crippen molar-refractivity contribution in [2.24, 2.45) is 28.1 Å². The number of hydrogen-bond donors (Lipinski definition) is 9. The van der Waals surface area contributed by atoms with Crippen LogP contribution in [-0.2, 0) is 30.3 Å². The second kappa shape index (κ2) is 20.5. The zero-order valence-corrected chi connectivity index (χ0v) is 28.7. The Hall–Kier alpha value is -4.96. The molecular weight excluding hydrogens is 650 g/mol. The Morgan fingerprint density at radius 2 is 1.78 bits per heavy atom. The Kier molecular flexibility index (Phi) is 16.9. The number of nitrogens with two attached hydrogens (primary N) is 3. The van der Waals surface area contributed by atoms with Crippen LogP contribution in [-0.4, -0.2) is 93.9 Å². The molecule has 0 bridgehead atoms. The van der Waals surface area contributed by atoms with Crippen molar-refractivity contribution in [1.82, 2.24) is 16.0 Å². The molecule has 276 valence electrons. The monoisotopic (exact) mass is 701 g/mol. The zero-order valence-electron chi connectivity index (χ0n) is 28.7. The molecule has 6 atom stereocenters. The Morgan fingerprint density at radius 3 is 2.42 bits per heavy atom. The summed E-state index contributed by atoms with van der Waals surface area (Å²) < 4.78 is 5.59. The molecule has 1 aliphatic heterocycles. The van der Waals surface area contributed by atoms with Crippen LogP contribution in [0.2, 0.25) is 0 Å². The van der Waals surface area contributed by atoms with Gasteiger partial charge in [-0.1, -0.05) is 57.6 Å². The highest BCUT2D eigenvalue weighted by Crippen LogP contribution is 2.30. The summed E-state index contributed by atoms with van der Waals surface area (Å²) in [5.41, 5.74) is 16.7. The molecule has 4 amide bonds. The summed E-state index contributed by atoms with van der Waals surface area (Å²) in [6.45, 7) is 5.85. The first kappa shape index (κ1) is 41.2. The van der Waals surface area contributed by atoms with Gasteiger partial charge in [0, 0.05) is 19.0 Å². The number of carbonyl (C=O) groups is 5. The number of nitrogens with one attached hydrogen (secondary N) is 3. The number of benzene rings is 1. The Bertz CT molecular complexity index is 1430. The van der Waals surface area contributed by atoms with Crippen LogP contribution in [0, 0.1) is 5.92 Å². The SMILES string of the molecule is CCC/C=C/C=C/C(=O)N[C@H](CC(N)=O)C(=O)N[C@@H](CCCN=C(N)N)[C@H](O)[C@H](O)C(=O)N[C@@H](CC(C)C)[C@@H]1Cc2cccc(O)c2C(=O)O1. The van der Waals surface area contributed by atoms with Crippen LogP contribution in [0.3, 0.4) is 0 Å². The number of ether oxygens (including phenoxy) is 1. The first-order chi connectivity index (χ1) is 23.6. The third-order valence-electron chi connectivity index (χ3n) is 7.80. The lowest BCUT2D eigenvalue weighted by Crippen LogP contribution is -2.59. The van der Waals surface area contributed by atoms with Gasteiger partial charge in [0.25, 0.3) is 5.91 Å². The first-order valence-electron chi connectivity index (χ1n) is 16.6. The summed E-state index contributed by atoms with van der Waals surface area (Å²) in [6, 6.07) is 1.10. The van der Waals surface area contributed by atoms with Crippen molar-refractivity contribution >= 4 is 35.6 Å². The average molecular weight is 702 g/mol.